The minimum absolute atomic E-state index is 0. The lowest BCUT2D eigenvalue weighted by molar-refractivity contribution is -0.385. The number of nitrogens with zero attached hydrogens (tertiary/aromatic N) is 2. The Balaban J connectivity index is 0.00000243. The fraction of sp³-hybridized carbons (Fsp3) is 0.611. The van der Waals surface area contributed by atoms with Crippen LogP contribution in [0.3, 0.4) is 0 Å². The molecule has 0 aromatic heterocycles. The third kappa shape index (κ3) is 5.85. The fourth-order valence-electron chi connectivity index (χ4n) is 3.12. The van der Waals surface area contributed by atoms with Crippen LogP contribution >= 0.6 is 12.4 Å². The van der Waals surface area contributed by atoms with Gasteiger partial charge in [-0.1, -0.05) is 12.1 Å². The number of nitro groups is 1. The zero-order valence-electron chi connectivity index (χ0n) is 14.8. The van der Waals surface area contributed by atoms with Gasteiger partial charge in [-0.2, -0.15) is 0 Å². The zero-order valence-corrected chi connectivity index (χ0v) is 15.6. The number of halogens is 1. The molecule has 0 bridgehead atoms. The Labute approximate surface area is 159 Å². The Morgan fingerprint density at radius 1 is 1.23 bits per heavy atom. The molecule has 1 aromatic carbocycles. The van der Waals surface area contributed by atoms with Crippen LogP contribution in [0.1, 0.15) is 32.1 Å². The lowest BCUT2D eigenvalue weighted by atomic mass is 10.0. The molecule has 1 heterocycles. The summed E-state index contributed by atoms with van der Waals surface area (Å²) in [7, 11) is 0. The molecule has 1 aliphatic heterocycles. The number of rotatable bonds is 8. The van der Waals surface area contributed by atoms with Crippen molar-refractivity contribution >= 4 is 24.0 Å². The number of benzene rings is 1. The highest BCUT2D eigenvalue weighted by atomic mass is 35.5. The fourth-order valence-corrected chi connectivity index (χ4v) is 3.12. The Bertz CT molecular complexity index is 616. The number of carbonyl (C=O) groups is 1. The number of hydrogen-bond donors (Lipinski definition) is 1. The summed E-state index contributed by atoms with van der Waals surface area (Å²) in [5, 5.41) is 14.5. The third-order valence-electron chi connectivity index (χ3n) is 4.88. The minimum atomic E-state index is -0.476. The molecule has 1 amide bonds. The van der Waals surface area contributed by atoms with Crippen molar-refractivity contribution in [3.05, 3.63) is 34.4 Å². The van der Waals surface area contributed by atoms with Gasteiger partial charge in [0.1, 0.15) is 0 Å². The van der Waals surface area contributed by atoms with Crippen LogP contribution in [0.5, 0.6) is 5.75 Å². The van der Waals surface area contributed by atoms with Crippen molar-refractivity contribution in [1.82, 2.24) is 10.2 Å². The van der Waals surface area contributed by atoms with E-state index in [-0.39, 0.29) is 42.8 Å². The van der Waals surface area contributed by atoms with Gasteiger partial charge in [0.25, 0.3) is 0 Å². The number of nitrogens with one attached hydrogen (secondary N) is 1. The maximum atomic E-state index is 12.3. The first-order valence-electron chi connectivity index (χ1n) is 9.01. The Kier molecular flexibility index (Phi) is 7.66. The van der Waals surface area contributed by atoms with E-state index in [2.05, 4.69) is 5.32 Å². The van der Waals surface area contributed by atoms with E-state index in [1.807, 2.05) is 4.90 Å². The molecule has 26 heavy (non-hydrogen) atoms. The summed E-state index contributed by atoms with van der Waals surface area (Å²) < 4.78 is 5.45. The number of ether oxygens (including phenoxy) is 1. The van der Waals surface area contributed by atoms with Crippen LogP contribution in [0.2, 0.25) is 0 Å². The number of likely N-dealkylation sites (tertiary alicyclic amines) is 1. The Hall–Kier alpha value is -1.86. The second kappa shape index (κ2) is 9.73. The van der Waals surface area contributed by atoms with E-state index in [1.165, 1.54) is 18.9 Å². The summed E-state index contributed by atoms with van der Waals surface area (Å²) in [4.78, 5) is 24.6. The predicted octanol–water partition coefficient (Wildman–Crippen LogP) is 2.78. The molecule has 8 heteroatoms. The molecule has 3 rings (SSSR count). The summed E-state index contributed by atoms with van der Waals surface area (Å²) in [5.74, 6) is 1.14. The Morgan fingerprint density at radius 3 is 2.58 bits per heavy atom. The van der Waals surface area contributed by atoms with Gasteiger partial charge in [0.05, 0.1) is 18.0 Å². The van der Waals surface area contributed by atoms with Crippen LogP contribution in [-0.2, 0) is 4.79 Å². The van der Waals surface area contributed by atoms with Crippen molar-refractivity contribution in [2.75, 3.05) is 26.2 Å². The van der Waals surface area contributed by atoms with Crippen LogP contribution in [0.15, 0.2) is 24.3 Å². The average molecular weight is 384 g/mol. The summed E-state index contributed by atoms with van der Waals surface area (Å²) in [6.45, 7) is 2.81. The van der Waals surface area contributed by atoms with Gasteiger partial charge in [0, 0.05) is 25.2 Å². The van der Waals surface area contributed by atoms with Crippen LogP contribution in [0, 0.1) is 16.0 Å². The predicted molar refractivity (Wildman–Crippen MR) is 101 cm³/mol. The van der Waals surface area contributed by atoms with E-state index in [9.17, 15) is 14.9 Å². The first-order valence-corrected chi connectivity index (χ1v) is 9.01. The van der Waals surface area contributed by atoms with Crippen molar-refractivity contribution < 1.29 is 14.5 Å². The van der Waals surface area contributed by atoms with Gasteiger partial charge >= 0.3 is 5.69 Å². The monoisotopic (exact) mass is 383 g/mol. The molecule has 0 unspecified atom stereocenters. The molecule has 2 fully saturated rings. The lowest BCUT2D eigenvalue weighted by Gasteiger charge is -2.32. The number of amides is 1. The van der Waals surface area contributed by atoms with Crippen LogP contribution < -0.4 is 10.1 Å². The standard InChI is InChI=1S/C18H25N3O4.ClH/c22-18(9-12-25-17-4-2-1-3-16(17)21(23)24)20-10-7-15(8-11-20)19-13-14-5-6-14;/h1-4,14-15,19H,5-13H2;1H. The molecule has 1 saturated heterocycles. The number of carbonyl (C=O) groups excluding carboxylic acids is 1. The second-order valence-electron chi connectivity index (χ2n) is 6.83. The number of nitro benzene ring substituents is 1. The van der Waals surface area contributed by atoms with Gasteiger partial charge in [-0.3, -0.25) is 14.9 Å². The van der Waals surface area contributed by atoms with E-state index in [0.29, 0.717) is 6.04 Å². The number of piperidine rings is 1. The maximum absolute atomic E-state index is 12.3. The number of para-hydroxylation sites is 2. The van der Waals surface area contributed by atoms with Gasteiger partial charge in [0.15, 0.2) is 5.75 Å². The van der Waals surface area contributed by atoms with Gasteiger partial charge < -0.3 is 15.0 Å². The number of hydrogen-bond acceptors (Lipinski definition) is 5. The maximum Gasteiger partial charge on any atom is 0.310 e. The van der Waals surface area contributed by atoms with E-state index < -0.39 is 4.92 Å². The zero-order chi connectivity index (χ0) is 17.6. The van der Waals surface area contributed by atoms with E-state index in [4.69, 9.17) is 4.74 Å². The van der Waals surface area contributed by atoms with Crippen molar-refractivity contribution in [2.24, 2.45) is 5.92 Å². The smallest absolute Gasteiger partial charge is 0.310 e. The van der Waals surface area contributed by atoms with E-state index in [1.54, 1.807) is 18.2 Å². The molecule has 2 aliphatic rings. The van der Waals surface area contributed by atoms with Crippen LogP contribution in [0.25, 0.3) is 0 Å². The Morgan fingerprint density at radius 2 is 1.92 bits per heavy atom. The molecule has 0 atom stereocenters. The minimum Gasteiger partial charge on any atom is -0.486 e. The van der Waals surface area contributed by atoms with Crippen molar-refractivity contribution in [2.45, 2.75) is 38.1 Å². The van der Waals surface area contributed by atoms with Crippen molar-refractivity contribution in [3.8, 4) is 5.75 Å². The molecule has 7 nitrogen and oxygen atoms in total. The van der Waals surface area contributed by atoms with Gasteiger partial charge in [-0.15, -0.1) is 12.4 Å². The summed E-state index contributed by atoms with van der Waals surface area (Å²) >= 11 is 0. The van der Waals surface area contributed by atoms with Gasteiger partial charge in [0.2, 0.25) is 5.91 Å². The van der Waals surface area contributed by atoms with Gasteiger partial charge in [-0.05, 0) is 44.2 Å². The highest BCUT2D eigenvalue weighted by Gasteiger charge is 2.26. The molecular formula is C18H26ClN3O4. The third-order valence-corrected chi connectivity index (χ3v) is 4.88. The highest BCUT2D eigenvalue weighted by molar-refractivity contribution is 5.85. The molecule has 0 spiro atoms. The highest BCUT2D eigenvalue weighted by Crippen LogP contribution is 2.28. The molecule has 144 valence electrons. The largest absolute Gasteiger partial charge is 0.486 e. The van der Waals surface area contributed by atoms with Crippen LogP contribution in [-0.4, -0.2) is 48.0 Å². The molecule has 1 saturated carbocycles. The lowest BCUT2D eigenvalue weighted by Crippen LogP contribution is -2.45. The normalized spacial score (nSPS) is 17.5. The molecule has 1 aliphatic carbocycles. The van der Waals surface area contributed by atoms with E-state index in [0.717, 1.165) is 38.4 Å². The first kappa shape index (κ1) is 20.5. The van der Waals surface area contributed by atoms with E-state index >= 15 is 0 Å². The summed E-state index contributed by atoms with van der Waals surface area (Å²) in [6.07, 6.45) is 4.92. The molecule has 1 N–H and O–H groups in total. The van der Waals surface area contributed by atoms with Crippen molar-refractivity contribution in [3.63, 3.8) is 0 Å². The SMILES string of the molecule is Cl.O=C(CCOc1ccccc1[N+](=O)[O-])N1CCC(NCC2CC2)CC1. The topological polar surface area (TPSA) is 84.7 Å². The molecule has 0 radical (unpaired) electrons. The van der Waals surface area contributed by atoms with Crippen LogP contribution in [0.4, 0.5) is 5.69 Å². The average Bonchev–Trinajstić information content (AvgIpc) is 3.45. The molecule has 1 aromatic rings. The van der Waals surface area contributed by atoms with Gasteiger partial charge in [-0.25, -0.2) is 0 Å². The van der Waals surface area contributed by atoms with Crippen molar-refractivity contribution in [1.29, 1.82) is 0 Å². The second-order valence-corrected chi connectivity index (χ2v) is 6.83. The quantitative estimate of drug-likeness (QED) is 0.551. The first-order chi connectivity index (χ1) is 12.1. The molecular weight excluding hydrogens is 358 g/mol. The summed E-state index contributed by atoms with van der Waals surface area (Å²) in [6, 6.07) is 6.75. The summed E-state index contributed by atoms with van der Waals surface area (Å²) in [5.41, 5.74) is -0.0718.